The van der Waals surface area contributed by atoms with E-state index in [0.717, 1.165) is 5.92 Å². The maximum Gasteiger partial charge on any atom is -0.00717 e. The van der Waals surface area contributed by atoms with Gasteiger partial charge in [-0.05, 0) is 94.0 Å². The summed E-state index contributed by atoms with van der Waals surface area (Å²) in [5.74, 6) is 1.44. The maximum atomic E-state index is 2.52. The molecule has 3 aliphatic carbocycles. The molecule has 0 saturated heterocycles. The van der Waals surface area contributed by atoms with Crippen molar-refractivity contribution in [2.24, 2.45) is 0 Å². The Morgan fingerprint density at radius 3 is 2.50 bits per heavy atom. The summed E-state index contributed by atoms with van der Waals surface area (Å²) < 4.78 is 0. The fourth-order valence-electron chi connectivity index (χ4n) is 5.52. The van der Waals surface area contributed by atoms with E-state index in [2.05, 4.69) is 61.5 Å². The Labute approximate surface area is 155 Å². The first kappa shape index (κ1) is 14.8. The second-order valence-corrected chi connectivity index (χ2v) is 8.52. The first-order valence-corrected chi connectivity index (χ1v) is 10.1. The van der Waals surface area contributed by atoms with Crippen molar-refractivity contribution in [2.45, 2.75) is 50.9 Å². The third kappa shape index (κ3) is 1.96. The van der Waals surface area contributed by atoms with Crippen molar-refractivity contribution < 1.29 is 0 Å². The van der Waals surface area contributed by atoms with Crippen LogP contribution in [-0.2, 0) is 32.1 Å². The summed E-state index contributed by atoms with van der Waals surface area (Å²) in [5.41, 5.74) is 14.4. The molecule has 0 aromatic heterocycles. The third-order valence-corrected chi connectivity index (χ3v) is 7.09. The molecule has 0 spiro atoms. The lowest BCUT2D eigenvalue weighted by molar-refractivity contribution is 0.562. The van der Waals surface area contributed by atoms with Gasteiger partial charge in [0.1, 0.15) is 0 Å². The molecule has 0 N–H and O–H groups in total. The zero-order chi connectivity index (χ0) is 17.3. The second kappa shape index (κ2) is 5.33. The van der Waals surface area contributed by atoms with Crippen LogP contribution in [0.3, 0.4) is 0 Å². The molecule has 128 valence electrons. The first-order valence-electron chi connectivity index (χ1n) is 10.1. The van der Waals surface area contributed by atoms with Gasteiger partial charge in [-0.2, -0.15) is 0 Å². The summed E-state index contributed by atoms with van der Waals surface area (Å²) in [6, 6.07) is 20.5. The molecule has 2 unspecified atom stereocenters. The van der Waals surface area contributed by atoms with Crippen molar-refractivity contribution in [3.8, 4) is 11.1 Å². The molecule has 0 aliphatic heterocycles. The molecule has 2 atom stereocenters. The molecule has 0 nitrogen and oxygen atoms in total. The predicted octanol–water partition coefficient (Wildman–Crippen LogP) is 5.99. The van der Waals surface area contributed by atoms with Gasteiger partial charge in [0.2, 0.25) is 0 Å². The van der Waals surface area contributed by atoms with Gasteiger partial charge in [-0.3, -0.25) is 0 Å². The quantitative estimate of drug-likeness (QED) is 0.551. The Morgan fingerprint density at radius 2 is 1.73 bits per heavy atom. The van der Waals surface area contributed by atoms with Gasteiger partial charge in [-0.25, -0.2) is 0 Å². The van der Waals surface area contributed by atoms with E-state index in [0.29, 0.717) is 5.92 Å². The molecule has 0 bridgehead atoms. The van der Waals surface area contributed by atoms with Crippen molar-refractivity contribution in [2.75, 3.05) is 0 Å². The summed E-state index contributed by atoms with van der Waals surface area (Å²) in [6.07, 6.45) is 6.38. The summed E-state index contributed by atoms with van der Waals surface area (Å²) in [4.78, 5) is 0. The van der Waals surface area contributed by atoms with Crippen molar-refractivity contribution >= 4 is 0 Å². The SMILES string of the molecule is CC1Cc2c1cc(-c1ccccc1)c1c2CC1Cc1cccc2c1CC2. The highest BCUT2D eigenvalue weighted by Gasteiger charge is 2.38. The monoisotopic (exact) mass is 336 g/mol. The van der Waals surface area contributed by atoms with E-state index in [1.807, 2.05) is 0 Å². The first-order chi connectivity index (χ1) is 12.8. The van der Waals surface area contributed by atoms with Crippen LogP contribution in [0.15, 0.2) is 54.6 Å². The Morgan fingerprint density at radius 1 is 0.846 bits per heavy atom. The van der Waals surface area contributed by atoms with Crippen LogP contribution in [0.1, 0.15) is 57.7 Å². The van der Waals surface area contributed by atoms with E-state index in [9.17, 15) is 0 Å². The Hall–Kier alpha value is -2.34. The zero-order valence-electron chi connectivity index (χ0n) is 15.4. The van der Waals surface area contributed by atoms with Gasteiger partial charge in [0.05, 0.1) is 0 Å². The minimum absolute atomic E-state index is 0.702. The van der Waals surface area contributed by atoms with Gasteiger partial charge in [0.15, 0.2) is 0 Å². The average Bonchev–Trinajstić information content (AvgIpc) is 2.61. The van der Waals surface area contributed by atoms with Crippen molar-refractivity contribution in [3.63, 3.8) is 0 Å². The maximum absolute atomic E-state index is 2.52. The van der Waals surface area contributed by atoms with E-state index in [-0.39, 0.29) is 0 Å². The number of rotatable bonds is 3. The molecule has 26 heavy (non-hydrogen) atoms. The standard InChI is InChI=1S/C26H24/c1-16-12-24-22(16)15-23(17-6-3-2-4-7-17)26-20(14-25(24)26)13-19-9-5-8-18-10-11-21(18)19/h2-9,15-16,20H,10-14H2,1H3. The van der Waals surface area contributed by atoms with Crippen LogP contribution in [0.2, 0.25) is 0 Å². The number of aryl methyl sites for hydroxylation is 1. The lowest BCUT2D eigenvalue weighted by atomic mass is 9.62. The van der Waals surface area contributed by atoms with E-state index in [1.54, 1.807) is 38.9 Å². The number of fused-ring (bicyclic) bond motifs is 4. The second-order valence-electron chi connectivity index (χ2n) is 8.52. The largest absolute Gasteiger partial charge is 0.0622 e. The summed E-state index contributed by atoms with van der Waals surface area (Å²) in [6.45, 7) is 2.38. The summed E-state index contributed by atoms with van der Waals surface area (Å²) >= 11 is 0. The highest BCUT2D eigenvalue weighted by Crippen LogP contribution is 2.52. The van der Waals surface area contributed by atoms with E-state index in [1.165, 1.54) is 43.2 Å². The van der Waals surface area contributed by atoms with Gasteiger partial charge in [-0.15, -0.1) is 0 Å². The molecule has 3 aromatic carbocycles. The van der Waals surface area contributed by atoms with Gasteiger partial charge in [0, 0.05) is 0 Å². The van der Waals surface area contributed by atoms with E-state index < -0.39 is 0 Å². The van der Waals surface area contributed by atoms with Crippen LogP contribution in [0.4, 0.5) is 0 Å². The molecular weight excluding hydrogens is 312 g/mol. The van der Waals surface area contributed by atoms with Crippen LogP contribution >= 0.6 is 0 Å². The molecule has 0 heterocycles. The zero-order valence-corrected chi connectivity index (χ0v) is 15.4. The Balaban J connectivity index is 1.44. The lowest BCUT2D eigenvalue weighted by Crippen LogP contribution is -2.29. The summed E-state index contributed by atoms with van der Waals surface area (Å²) in [5, 5.41) is 0. The minimum atomic E-state index is 0.702. The molecule has 0 amide bonds. The smallest absolute Gasteiger partial charge is 0.00717 e. The average molecular weight is 336 g/mol. The van der Waals surface area contributed by atoms with Gasteiger partial charge >= 0.3 is 0 Å². The van der Waals surface area contributed by atoms with Gasteiger partial charge in [0.25, 0.3) is 0 Å². The summed E-state index contributed by atoms with van der Waals surface area (Å²) in [7, 11) is 0. The van der Waals surface area contributed by atoms with E-state index in [4.69, 9.17) is 0 Å². The Bertz CT molecular complexity index is 1030. The molecular formula is C26H24. The van der Waals surface area contributed by atoms with Crippen LogP contribution < -0.4 is 0 Å². The van der Waals surface area contributed by atoms with Crippen LogP contribution in [-0.4, -0.2) is 0 Å². The molecule has 3 aromatic rings. The molecule has 3 aliphatic rings. The lowest BCUT2D eigenvalue weighted by Gasteiger charge is -2.42. The third-order valence-electron chi connectivity index (χ3n) is 7.09. The molecule has 0 fully saturated rings. The topological polar surface area (TPSA) is 0 Å². The minimum Gasteiger partial charge on any atom is -0.0622 e. The van der Waals surface area contributed by atoms with E-state index >= 15 is 0 Å². The molecule has 0 heteroatoms. The fourth-order valence-corrected chi connectivity index (χ4v) is 5.52. The fraction of sp³-hybridized carbons (Fsp3) is 0.308. The Kier molecular flexibility index (Phi) is 3.03. The number of hydrogen-bond donors (Lipinski definition) is 0. The van der Waals surface area contributed by atoms with Crippen molar-refractivity contribution in [1.82, 2.24) is 0 Å². The van der Waals surface area contributed by atoms with Crippen molar-refractivity contribution in [3.05, 3.63) is 93.5 Å². The highest BCUT2D eigenvalue weighted by molar-refractivity contribution is 5.76. The molecule has 0 radical (unpaired) electrons. The molecule has 6 rings (SSSR count). The van der Waals surface area contributed by atoms with Crippen molar-refractivity contribution in [1.29, 1.82) is 0 Å². The number of benzene rings is 3. The van der Waals surface area contributed by atoms with Gasteiger partial charge in [-0.1, -0.05) is 61.5 Å². The van der Waals surface area contributed by atoms with Crippen LogP contribution in [0.5, 0.6) is 0 Å². The van der Waals surface area contributed by atoms with Gasteiger partial charge < -0.3 is 0 Å². The molecule has 0 saturated carbocycles. The normalized spacial score (nSPS) is 21.6. The highest BCUT2D eigenvalue weighted by atomic mass is 14.4. The van der Waals surface area contributed by atoms with Crippen LogP contribution in [0.25, 0.3) is 11.1 Å². The number of hydrogen-bond acceptors (Lipinski definition) is 0. The predicted molar refractivity (Wildman–Crippen MR) is 108 cm³/mol. The van der Waals surface area contributed by atoms with Crippen LogP contribution in [0, 0.1) is 0 Å².